The lowest BCUT2D eigenvalue weighted by molar-refractivity contribution is -0.135. The molecule has 0 N–H and O–H groups in total. The molecule has 3 rings (SSSR count). The highest BCUT2D eigenvalue weighted by Gasteiger charge is 2.39. The molecule has 7 heteroatoms. The quantitative estimate of drug-likeness (QED) is 0.767. The first kappa shape index (κ1) is 18.1. The monoisotopic (exact) mass is 364 g/mol. The van der Waals surface area contributed by atoms with E-state index in [0.717, 1.165) is 38.8 Å². The molecule has 2 fully saturated rings. The smallest absolute Gasteiger partial charge is 0.243 e. The van der Waals surface area contributed by atoms with Gasteiger partial charge in [-0.1, -0.05) is 18.6 Å². The Morgan fingerprint density at radius 1 is 0.960 bits per heavy atom. The highest BCUT2D eigenvalue weighted by molar-refractivity contribution is 7.89. The van der Waals surface area contributed by atoms with E-state index in [-0.39, 0.29) is 16.6 Å². The lowest BCUT2D eigenvalue weighted by Crippen LogP contribution is -2.52. The Kier molecular flexibility index (Phi) is 5.24. The van der Waals surface area contributed by atoms with E-state index in [1.54, 1.807) is 4.90 Å². The zero-order valence-electron chi connectivity index (χ0n) is 14.5. The van der Waals surface area contributed by atoms with E-state index < -0.39 is 16.1 Å². The van der Waals surface area contributed by atoms with Gasteiger partial charge in [0.05, 0.1) is 4.90 Å². The molecule has 2 saturated heterocycles. The summed E-state index contributed by atoms with van der Waals surface area (Å²) >= 11 is 0. The van der Waals surface area contributed by atoms with E-state index in [1.165, 1.54) is 35.5 Å². The molecule has 2 aliphatic heterocycles. The fraction of sp³-hybridized carbons (Fsp3) is 0.556. The van der Waals surface area contributed by atoms with Crippen LogP contribution >= 0.6 is 0 Å². The first-order valence-electron chi connectivity index (χ1n) is 8.83. The van der Waals surface area contributed by atoms with Crippen LogP contribution in [0.5, 0.6) is 0 Å². The van der Waals surface area contributed by atoms with Crippen molar-refractivity contribution in [2.45, 2.75) is 50.0 Å². The van der Waals surface area contributed by atoms with Crippen LogP contribution in [0.4, 0.5) is 0 Å². The molecule has 0 radical (unpaired) electrons. The molecule has 2 aliphatic rings. The van der Waals surface area contributed by atoms with E-state index in [1.807, 2.05) is 0 Å². The van der Waals surface area contributed by atoms with Gasteiger partial charge in [-0.2, -0.15) is 4.31 Å². The predicted molar refractivity (Wildman–Crippen MR) is 93.8 cm³/mol. The van der Waals surface area contributed by atoms with Crippen molar-refractivity contribution in [3.63, 3.8) is 0 Å². The van der Waals surface area contributed by atoms with Crippen LogP contribution in [0.25, 0.3) is 0 Å². The van der Waals surface area contributed by atoms with Gasteiger partial charge in [0, 0.05) is 25.2 Å². The molecule has 1 aromatic rings. The highest BCUT2D eigenvalue weighted by atomic mass is 32.2. The molecule has 0 bridgehead atoms. The Bertz CT molecular complexity index is 752. The van der Waals surface area contributed by atoms with Gasteiger partial charge < -0.3 is 4.90 Å². The normalized spacial score (nSPS) is 22.1. The van der Waals surface area contributed by atoms with Crippen LogP contribution < -0.4 is 0 Å². The standard InChI is InChI=1S/C18H24N2O4S/c1-14(21)15-7-9-16(10-8-15)25(23,24)20-13-3-2-6-17(20)18(22)19-11-4-5-12-19/h7-10,17H,2-6,11-13H2,1H3. The van der Waals surface area contributed by atoms with Gasteiger partial charge in [0.1, 0.15) is 6.04 Å². The van der Waals surface area contributed by atoms with Crippen LogP contribution in [0.2, 0.25) is 0 Å². The molecule has 136 valence electrons. The van der Waals surface area contributed by atoms with Gasteiger partial charge in [0.25, 0.3) is 0 Å². The lowest BCUT2D eigenvalue weighted by atomic mass is 10.0. The second-order valence-electron chi connectivity index (χ2n) is 6.74. The molecular weight excluding hydrogens is 340 g/mol. The maximum atomic E-state index is 13.1. The van der Waals surface area contributed by atoms with Crippen molar-refractivity contribution in [1.82, 2.24) is 9.21 Å². The SMILES string of the molecule is CC(=O)c1ccc(S(=O)(=O)N2CCCCC2C(=O)N2CCCC2)cc1. The van der Waals surface area contributed by atoms with Crippen molar-refractivity contribution in [2.24, 2.45) is 0 Å². The number of hydrogen-bond acceptors (Lipinski definition) is 4. The van der Waals surface area contributed by atoms with E-state index >= 15 is 0 Å². The third-order valence-corrected chi connectivity index (χ3v) is 6.95. The van der Waals surface area contributed by atoms with E-state index in [0.29, 0.717) is 18.5 Å². The Labute approximate surface area is 148 Å². The first-order chi connectivity index (χ1) is 11.9. The molecule has 6 nitrogen and oxygen atoms in total. The minimum Gasteiger partial charge on any atom is -0.341 e. The summed E-state index contributed by atoms with van der Waals surface area (Å²) in [5.74, 6) is -0.176. The molecule has 1 atom stereocenters. The van der Waals surface area contributed by atoms with Crippen molar-refractivity contribution in [3.8, 4) is 0 Å². The molecule has 1 aromatic carbocycles. The summed E-state index contributed by atoms with van der Waals surface area (Å²) in [6.07, 6.45) is 4.16. The van der Waals surface area contributed by atoms with Gasteiger partial charge >= 0.3 is 0 Å². The summed E-state index contributed by atoms with van der Waals surface area (Å²) in [6.45, 7) is 3.24. The number of carbonyl (C=O) groups excluding carboxylic acids is 2. The van der Waals surface area contributed by atoms with Crippen LogP contribution in [0.15, 0.2) is 29.2 Å². The molecule has 0 aliphatic carbocycles. The van der Waals surface area contributed by atoms with Crippen LogP contribution in [-0.4, -0.2) is 55.0 Å². The number of carbonyl (C=O) groups is 2. The number of piperidine rings is 1. The van der Waals surface area contributed by atoms with Gasteiger partial charge in [-0.3, -0.25) is 9.59 Å². The largest absolute Gasteiger partial charge is 0.341 e. The number of sulfonamides is 1. The minimum atomic E-state index is -3.75. The number of nitrogens with zero attached hydrogens (tertiary/aromatic N) is 2. The topological polar surface area (TPSA) is 74.8 Å². The van der Waals surface area contributed by atoms with E-state index in [4.69, 9.17) is 0 Å². The number of hydrogen-bond donors (Lipinski definition) is 0. The number of ketones is 1. The molecule has 1 amide bonds. The second kappa shape index (κ2) is 7.25. The molecule has 0 saturated carbocycles. The summed E-state index contributed by atoms with van der Waals surface area (Å²) < 4.78 is 27.5. The molecule has 0 aromatic heterocycles. The zero-order valence-corrected chi connectivity index (χ0v) is 15.3. The van der Waals surface area contributed by atoms with Gasteiger partial charge in [0.2, 0.25) is 15.9 Å². The maximum absolute atomic E-state index is 13.1. The Morgan fingerprint density at radius 3 is 2.16 bits per heavy atom. The van der Waals surface area contributed by atoms with Crippen molar-refractivity contribution < 1.29 is 18.0 Å². The summed E-state index contributed by atoms with van der Waals surface area (Å²) in [4.78, 5) is 26.1. The average molecular weight is 364 g/mol. The van der Waals surface area contributed by atoms with Crippen LogP contribution in [-0.2, 0) is 14.8 Å². The first-order valence-corrected chi connectivity index (χ1v) is 10.3. The van der Waals surface area contributed by atoms with Crippen molar-refractivity contribution in [1.29, 1.82) is 0 Å². The lowest BCUT2D eigenvalue weighted by Gasteiger charge is -2.35. The van der Waals surface area contributed by atoms with Gasteiger partial charge in [-0.15, -0.1) is 0 Å². The van der Waals surface area contributed by atoms with E-state index in [2.05, 4.69) is 0 Å². The highest BCUT2D eigenvalue weighted by Crippen LogP contribution is 2.27. The number of Topliss-reactive ketones (excluding diaryl/α,β-unsaturated/α-hetero) is 1. The van der Waals surface area contributed by atoms with Gasteiger partial charge in [-0.25, -0.2) is 8.42 Å². The average Bonchev–Trinajstić information content (AvgIpc) is 3.16. The van der Waals surface area contributed by atoms with Crippen LogP contribution in [0.1, 0.15) is 49.4 Å². The Balaban J connectivity index is 1.87. The van der Waals surface area contributed by atoms with Crippen LogP contribution in [0, 0.1) is 0 Å². The van der Waals surface area contributed by atoms with Crippen molar-refractivity contribution in [2.75, 3.05) is 19.6 Å². The molecule has 0 spiro atoms. The van der Waals surface area contributed by atoms with Crippen LogP contribution in [0.3, 0.4) is 0 Å². The summed E-state index contributed by atoms with van der Waals surface area (Å²) in [6, 6.07) is 5.35. The fourth-order valence-electron chi connectivity index (χ4n) is 3.58. The third kappa shape index (κ3) is 3.62. The van der Waals surface area contributed by atoms with E-state index in [9.17, 15) is 18.0 Å². The molecular formula is C18H24N2O4S. The number of amides is 1. The third-order valence-electron chi connectivity index (χ3n) is 5.02. The molecule has 1 unspecified atom stereocenters. The summed E-state index contributed by atoms with van der Waals surface area (Å²) in [7, 11) is -3.75. The number of rotatable bonds is 4. The fourth-order valence-corrected chi connectivity index (χ4v) is 5.24. The summed E-state index contributed by atoms with van der Waals surface area (Å²) in [5, 5.41) is 0. The Hall–Kier alpha value is -1.73. The second-order valence-corrected chi connectivity index (χ2v) is 8.63. The van der Waals surface area contributed by atoms with Crippen molar-refractivity contribution >= 4 is 21.7 Å². The zero-order chi connectivity index (χ0) is 18.0. The van der Waals surface area contributed by atoms with Gasteiger partial charge in [-0.05, 0) is 44.7 Å². The Morgan fingerprint density at radius 2 is 1.56 bits per heavy atom. The molecule has 25 heavy (non-hydrogen) atoms. The number of likely N-dealkylation sites (tertiary alicyclic amines) is 1. The minimum absolute atomic E-state index is 0.0684. The maximum Gasteiger partial charge on any atom is 0.243 e. The van der Waals surface area contributed by atoms with Gasteiger partial charge in [0.15, 0.2) is 5.78 Å². The predicted octanol–water partition coefficient (Wildman–Crippen LogP) is 2.05. The number of benzene rings is 1. The molecule has 2 heterocycles. The van der Waals surface area contributed by atoms with Crippen molar-refractivity contribution in [3.05, 3.63) is 29.8 Å². The summed E-state index contributed by atoms with van der Waals surface area (Å²) in [5.41, 5.74) is 0.474.